The number of hydrogen-bond donors (Lipinski definition) is 0. The molecule has 0 fully saturated rings. The van der Waals surface area contributed by atoms with E-state index in [1.807, 2.05) is 40.7 Å². The molecule has 1 amide bonds. The quantitative estimate of drug-likeness (QED) is 0.292. The Balaban J connectivity index is 5.55. The molecule has 0 rings (SSSR count). The Morgan fingerprint density at radius 3 is 1.92 bits per heavy atom. The SMILES string of the molecule is C/C=C(/C(=C/OC(=O)N(C(C)C)C(C)C)CC(=O)OC)[Si](C)(C)C. The van der Waals surface area contributed by atoms with Gasteiger partial charge < -0.3 is 14.4 Å². The van der Waals surface area contributed by atoms with E-state index in [-0.39, 0.29) is 24.5 Å². The molecule has 0 radical (unpaired) electrons. The topological polar surface area (TPSA) is 55.8 Å². The van der Waals surface area contributed by atoms with Crippen LogP contribution in [0.5, 0.6) is 0 Å². The molecular weight excluding hydrogens is 322 g/mol. The summed E-state index contributed by atoms with van der Waals surface area (Å²) < 4.78 is 10.2. The van der Waals surface area contributed by atoms with Gasteiger partial charge in [0.05, 0.1) is 21.6 Å². The number of carbonyl (C=O) groups excluding carboxylic acids is 2. The van der Waals surface area contributed by atoms with E-state index in [0.29, 0.717) is 5.57 Å². The highest BCUT2D eigenvalue weighted by molar-refractivity contribution is 6.84. The van der Waals surface area contributed by atoms with Crippen molar-refractivity contribution in [1.29, 1.82) is 0 Å². The standard InChI is InChI=1S/C18H33NO4Si/c1-10-16(24(7,8)9)15(11-17(20)22-6)12-23-18(21)19(13(2)3)14(4)5/h10,12-14H,11H2,1-9H3/b15-12+,16-10-. The van der Waals surface area contributed by atoms with Crippen LogP contribution >= 0.6 is 0 Å². The molecule has 0 N–H and O–H groups in total. The van der Waals surface area contributed by atoms with Crippen LogP contribution in [0.1, 0.15) is 41.0 Å². The molecule has 0 aliphatic heterocycles. The number of nitrogens with zero attached hydrogens (tertiary/aromatic N) is 1. The maximum absolute atomic E-state index is 12.4. The van der Waals surface area contributed by atoms with Gasteiger partial charge in [-0.1, -0.05) is 30.9 Å². The van der Waals surface area contributed by atoms with Crippen molar-refractivity contribution in [3.8, 4) is 0 Å². The van der Waals surface area contributed by atoms with Crippen molar-refractivity contribution < 1.29 is 19.1 Å². The Morgan fingerprint density at radius 1 is 1.08 bits per heavy atom. The minimum Gasteiger partial charge on any atom is -0.469 e. The smallest absolute Gasteiger partial charge is 0.415 e. The van der Waals surface area contributed by atoms with Gasteiger partial charge in [-0.25, -0.2) is 4.79 Å². The summed E-state index contributed by atoms with van der Waals surface area (Å²) in [6, 6.07) is 0.0706. The molecule has 0 spiro atoms. The highest BCUT2D eigenvalue weighted by atomic mass is 28.3. The molecule has 0 unspecified atom stereocenters. The van der Waals surface area contributed by atoms with E-state index >= 15 is 0 Å². The van der Waals surface area contributed by atoms with Gasteiger partial charge in [-0.15, -0.1) is 0 Å². The van der Waals surface area contributed by atoms with Gasteiger partial charge in [0.2, 0.25) is 0 Å². The van der Waals surface area contributed by atoms with Crippen molar-refractivity contribution in [3.05, 3.63) is 23.1 Å². The average molecular weight is 356 g/mol. The third kappa shape index (κ3) is 6.91. The Hall–Kier alpha value is -1.56. The van der Waals surface area contributed by atoms with E-state index in [1.54, 1.807) is 4.90 Å². The second kappa shape index (κ2) is 9.66. The second-order valence-corrected chi connectivity index (χ2v) is 12.4. The predicted octanol–water partition coefficient (Wildman–Crippen LogP) is 4.51. The van der Waals surface area contributed by atoms with Gasteiger partial charge in [0, 0.05) is 12.1 Å². The van der Waals surface area contributed by atoms with E-state index in [4.69, 9.17) is 9.47 Å². The van der Waals surface area contributed by atoms with E-state index in [1.165, 1.54) is 13.4 Å². The molecule has 138 valence electrons. The van der Waals surface area contributed by atoms with Gasteiger partial charge in [0.15, 0.2) is 0 Å². The Kier molecular flexibility index (Phi) is 9.04. The highest BCUT2D eigenvalue weighted by Gasteiger charge is 2.26. The fourth-order valence-corrected chi connectivity index (χ4v) is 4.71. The van der Waals surface area contributed by atoms with Gasteiger partial charge in [-0.2, -0.15) is 0 Å². The van der Waals surface area contributed by atoms with Gasteiger partial charge in [0.1, 0.15) is 6.26 Å². The maximum Gasteiger partial charge on any atom is 0.415 e. The Labute approximate surface area is 147 Å². The lowest BCUT2D eigenvalue weighted by Gasteiger charge is -2.29. The van der Waals surface area contributed by atoms with Crippen molar-refractivity contribution >= 4 is 20.1 Å². The molecule has 0 heterocycles. The Morgan fingerprint density at radius 2 is 1.58 bits per heavy atom. The minimum absolute atomic E-state index is 0.0353. The maximum atomic E-state index is 12.4. The highest BCUT2D eigenvalue weighted by Crippen LogP contribution is 2.26. The normalized spacial score (nSPS) is 13.3. The molecule has 0 aliphatic carbocycles. The fourth-order valence-electron chi connectivity index (χ4n) is 2.73. The van der Waals surface area contributed by atoms with Crippen LogP contribution in [0.2, 0.25) is 19.6 Å². The number of allylic oxidation sites excluding steroid dienone is 2. The van der Waals surface area contributed by atoms with E-state index in [2.05, 4.69) is 19.6 Å². The summed E-state index contributed by atoms with van der Waals surface area (Å²) in [6.45, 7) is 16.3. The molecule has 0 saturated carbocycles. The predicted molar refractivity (Wildman–Crippen MR) is 100 cm³/mol. The number of hydrogen-bond acceptors (Lipinski definition) is 4. The number of rotatable bonds is 7. The van der Waals surface area contributed by atoms with Crippen LogP contribution in [0.25, 0.3) is 0 Å². The first kappa shape index (κ1) is 22.4. The molecule has 24 heavy (non-hydrogen) atoms. The second-order valence-electron chi connectivity index (χ2n) is 7.33. The lowest BCUT2D eigenvalue weighted by atomic mass is 10.2. The lowest BCUT2D eigenvalue weighted by molar-refractivity contribution is -0.139. The van der Waals surface area contributed by atoms with Crippen LogP contribution in [-0.2, 0) is 14.3 Å². The van der Waals surface area contributed by atoms with Crippen molar-refractivity contribution in [2.24, 2.45) is 0 Å². The summed E-state index contributed by atoms with van der Waals surface area (Å²) in [6.07, 6.45) is 3.10. The van der Waals surface area contributed by atoms with Crippen LogP contribution in [0.3, 0.4) is 0 Å². The van der Waals surface area contributed by atoms with Crippen molar-refractivity contribution in [3.63, 3.8) is 0 Å². The van der Waals surface area contributed by atoms with Gasteiger partial charge in [-0.05, 0) is 40.2 Å². The minimum atomic E-state index is -1.69. The van der Waals surface area contributed by atoms with E-state index in [9.17, 15) is 9.59 Å². The summed E-state index contributed by atoms with van der Waals surface area (Å²) in [7, 11) is -0.336. The van der Waals surface area contributed by atoms with E-state index < -0.39 is 14.2 Å². The van der Waals surface area contributed by atoms with Gasteiger partial charge in [0.25, 0.3) is 0 Å². The van der Waals surface area contributed by atoms with Crippen molar-refractivity contribution in [2.45, 2.75) is 72.8 Å². The molecule has 6 heteroatoms. The van der Waals surface area contributed by atoms with Crippen molar-refractivity contribution in [1.82, 2.24) is 4.90 Å². The van der Waals surface area contributed by atoms with E-state index in [0.717, 1.165) is 5.20 Å². The molecule has 0 aromatic carbocycles. The molecule has 0 saturated heterocycles. The monoisotopic (exact) mass is 355 g/mol. The first-order valence-electron chi connectivity index (χ1n) is 8.37. The first-order chi connectivity index (χ1) is 10.9. The average Bonchev–Trinajstić information content (AvgIpc) is 2.42. The fraction of sp³-hybridized carbons (Fsp3) is 0.667. The molecular formula is C18H33NO4Si. The number of amides is 1. The third-order valence-corrected chi connectivity index (χ3v) is 5.86. The number of carbonyl (C=O) groups is 2. The summed E-state index contributed by atoms with van der Waals surface area (Å²) in [5.74, 6) is -0.348. The molecule has 0 aromatic rings. The number of methoxy groups -OCH3 is 1. The molecule has 0 aliphatic rings. The van der Waals surface area contributed by atoms with Crippen LogP contribution in [0, 0.1) is 0 Å². The zero-order valence-corrected chi connectivity index (χ0v) is 17.6. The zero-order chi connectivity index (χ0) is 19.1. The summed E-state index contributed by atoms with van der Waals surface area (Å²) in [4.78, 5) is 25.8. The summed E-state index contributed by atoms with van der Waals surface area (Å²) in [5, 5.41) is 1.08. The third-order valence-electron chi connectivity index (χ3n) is 3.63. The van der Waals surface area contributed by atoms with Crippen LogP contribution in [0.4, 0.5) is 4.79 Å². The molecule has 0 bridgehead atoms. The molecule has 0 aromatic heterocycles. The van der Waals surface area contributed by atoms with Crippen LogP contribution in [0.15, 0.2) is 23.1 Å². The Bertz CT molecular complexity index is 494. The lowest BCUT2D eigenvalue weighted by Crippen LogP contribution is -2.41. The van der Waals surface area contributed by atoms with Gasteiger partial charge in [-0.3, -0.25) is 4.79 Å². The first-order valence-corrected chi connectivity index (χ1v) is 11.9. The number of ether oxygens (including phenoxy) is 2. The largest absolute Gasteiger partial charge is 0.469 e. The van der Waals surface area contributed by atoms with Gasteiger partial charge >= 0.3 is 12.1 Å². The van der Waals surface area contributed by atoms with Crippen molar-refractivity contribution in [2.75, 3.05) is 7.11 Å². The number of esters is 1. The molecule has 5 nitrogen and oxygen atoms in total. The molecule has 0 atom stereocenters. The summed E-state index contributed by atoms with van der Waals surface area (Å²) in [5.41, 5.74) is 0.712. The van der Waals surface area contributed by atoms with Crippen LogP contribution in [-0.4, -0.2) is 44.2 Å². The summed E-state index contributed by atoms with van der Waals surface area (Å²) >= 11 is 0. The zero-order valence-electron chi connectivity index (χ0n) is 16.6. The van der Waals surface area contributed by atoms with Crippen LogP contribution < -0.4 is 0 Å².